The number of primary amides is 1. The maximum Gasteiger partial charge on any atom is 0.268 e. The van der Waals surface area contributed by atoms with E-state index in [1.54, 1.807) is 0 Å². The second kappa shape index (κ2) is 4.46. The minimum atomic E-state index is -0.705. The lowest BCUT2D eigenvalue weighted by Crippen LogP contribution is -2.14. The van der Waals surface area contributed by atoms with Crippen LogP contribution in [0.3, 0.4) is 0 Å². The largest absolute Gasteiger partial charge is 0.394 e. The molecule has 6 nitrogen and oxygen atoms in total. The van der Waals surface area contributed by atoms with E-state index >= 15 is 0 Å². The first kappa shape index (κ1) is 11.5. The summed E-state index contributed by atoms with van der Waals surface area (Å²) in [4.78, 5) is 14.8. The topological polar surface area (TPSA) is 106 Å². The third-order valence-electron chi connectivity index (χ3n) is 2.41. The summed E-state index contributed by atoms with van der Waals surface area (Å²) in [6.07, 6.45) is -1.28. The first-order chi connectivity index (χ1) is 7.61. The zero-order chi connectivity index (χ0) is 11.7. The van der Waals surface area contributed by atoms with Crippen molar-refractivity contribution >= 4 is 17.2 Å². The van der Waals surface area contributed by atoms with Gasteiger partial charge in [0.25, 0.3) is 5.91 Å². The molecule has 0 saturated carbocycles. The van der Waals surface area contributed by atoms with Crippen LogP contribution < -0.4 is 5.73 Å². The number of thiazole rings is 1. The maximum atomic E-state index is 10.9. The van der Waals surface area contributed by atoms with Gasteiger partial charge in [-0.25, -0.2) is 4.98 Å². The number of hydrogen-bond acceptors (Lipinski definition) is 6. The van der Waals surface area contributed by atoms with Gasteiger partial charge in [0, 0.05) is 11.8 Å². The normalized spacial score (nSPS) is 29.5. The van der Waals surface area contributed by atoms with E-state index in [9.17, 15) is 9.90 Å². The molecule has 1 aromatic heterocycles. The van der Waals surface area contributed by atoms with Crippen molar-refractivity contribution in [1.82, 2.24) is 4.98 Å². The van der Waals surface area contributed by atoms with Crippen molar-refractivity contribution in [2.45, 2.75) is 24.7 Å². The van der Waals surface area contributed by atoms with Crippen molar-refractivity contribution in [2.75, 3.05) is 6.61 Å². The third-order valence-corrected chi connectivity index (χ3v) is 3.32. The molecular formula is C9H12N2O4S. The number of carbonyl (C=O) groups excluding carboxylic acids is 1. The lowest BCUT2D eigenvalue weighted by molar-refractivity contribution is -0.0109. The fraction of sp³-hybridized carbons (Fsp3) is 0.556. The van der Waals surface area contributed by atoms with Crippen LogP contribution in [0.4, 0.5) is 0 Å². The zero-order valence-corrected chi connectivity index (χ0v) is 9.18. The average Bonchev–Trinajstić information content (AvgIpc) is 2.83. The van der Waals surface area contributed by atoms with Gasteiger partial charge >= 0.3 is 0 Å². The van der Waals surface area contributed by atoms with E-state index in [1.165, 1.54) is 16.7 Å². The molecule has 2 rings (SSSR count). The van der Waals surface area contributed by atoms with Gasteiger partial charge in [0.1, 0.15) is 16.8 Å². The molecule has 0 aromatic carbocycles. The first-order valence-electron chi connectivity index (χ1n) is 4.81. The minimum absolute atomic E-state index is 0.137. The van der Waals surface area contributed by atoms with Crippen molar-refractivity contribution < 1.29 is 19.7 Å². The summed E-state index contributed by atoms with van der Waals surface area (Å²) in [6, 6.07) is 0. The van der Waals surface area contributed by atoms with Gasteiger partial charge in [-0.2, -0.15) is 0 Å². The van der Waals surface area contributed by atoms with E-state index in [4.69, 9.17) is 15.6 Å². The number of hydrogen-bond donors (Lipinski definition) is 3. The fourth-order valence-corrected chi connectivity index (χ4v) is 2.52. The Labute approximate surface area is 95.7 Å². The van der Waals surface area contributed by atoms with Crippen LogP contribution in [-0.4, -0.2) is 39.9 Å². The fourth-order valence-electron chi connectivity index (χ4n) is 1.62. The number of aliphatic hydroxyl groups excluding tert-OH is 2. The van der Waals surface area contributed by atoms with E-state index in [0.29, 0.717) is 11.4 Å². The molecule has 1 aliphatic heterocycles. The second-order valence-corrected chi connectivity index (χ2v) is 4.49. The molecule has 1 amide bonds. The number of nitrogens with two attached hydrogens (primary N) is 1. The lowest BCUT2D eigenvalue weighted by Gasteiger charge is -2.10. The Kier molecular flexibility index (Phi) is 3.20. The molecule has 0 aliphatic carbocycles. The summed E-state index contributed by atoms with van der Waals surface area (Å²) in [5.74, 6) is -0.603. The van der Waals surface area contributed by atoms with E-state index in [-0.39, 0.29) is 18.4 Å². The highest BCUT2D eigenvalue weighted by Crippen LogP contribution is 2.34. The molecule has 1 aliphatic rings. The van der Waals surface area contributed by atoms with Gasteiger partial charge in [-0.1, -0.05) is 0 Å². The third kappa shape index (κ3) is 2.07. The number of aliphatic hydroxyl groups is 2. The molecule has 0 unspecified atom stereocenters. The highest BCUT2D eigenvalue weighted by Gasteiger charge is 2.36. The van der Waals surface area contributed by atoms with Crippen LogP contribution in [0.2, 0.25) is 0 Å². The van der Waals surface area contributed by atoms with Crippen molar-refractivity contribution in [2.24, 2.45) is 5.73 Å². The molecule has 1 aromatic rings. The van der Waals surface area contributed by atoms with Crippen LogP contribution >= 0.6 is 11.3 Å². The highest BCUT2D eigenvalue weighted by molar-refractivity contribution is 7.09. The molecule has 0 radical (unpaired) electrons. The van der Waals surface area contributed by atoms with Gasteiger partial charge in [0.05, 0.1) is 18.8 Å². The zero-order valence-electron chi connectivity index (χ0n) is 8.37. The Morgan fingerprint density at radius 3 is 3.00 bits per heavy atom. The number of amides is 1. The summed E-state index contributed by atoms with van der Waals surface area (Å²) in [5.41, 5.74) is 5.25. The second-order valence-electron chi connectivity index (χ2n) is 3.60. The Morgan fingerprint density at radius 2 is 2.50 bits per heavy atom. The first-order valence-corrected chi connectivity index (χ1v) is 5.69. The summed E-state index contributed by atoms with van der Waals surface area (Å²) in [5, 5.41) is 20.7. The molecule has 16 heavy (non-hydrogen) atoms. The summed E-state index contributed by atoms with van der Waals surface area (Å²) >= 11 is 1.21. The van der Waals surface area contributed by atoms with E-state index < -0.39 is 18.1 Å². The Bertz CT molecular complexity index is 395. The van der Waals surface area contributed by atoms with Crippen LogP contribution in [0.25, 0.3) is 0 Å². The number of rotatable bonds is 3. The highest BCUT2D eigenvalue weighted by atomic mass is 32.1. The predicted octanol–water partition coefficient (Wildman–Crippen LogP) is -0.575. The van der Waals surface area contributed by atoms with E-state index in [1.807, 2.05) is 0 Å². The van der Waals surface area contributed by atoms with Crippen LogP contribution in [-0.2, 0) is 4.74 Å². The standard InChI is InChI=1S/C9H12N2O4S/c10-8(14)5-3-16-9(11-5)7-6(13)1-4(2-12)15-7/h3-4,6-7,12-13H,1-2H2,(H2,10,14)/t4-,6+,7+/m0/s1. The maximum absolute atomic E-state index is 10.9. The smallest absolute Gasteiger partial charge is 0.268 e. The summed E-state index contributed by atoms with van der Waals surface area (Å²) in [7, 11) is 0. The molecule has 1 saturated heterocycles. The molecule has 4 N–H and O–H groups in total. The molecule has 0 bridgehead atoms. The van der Waals surface area contributed by atoms with Gasteiger partial charge < -0.3 is 20.7 Å². The molecule has 0 spiro atoms. The molecule has 1 fully saturated rings. The molecular weight excluding hydrogens is 232 g/mol. The van der Waals surface area contributed by atoms with Crippen molar-refractivity contribution in [3.05, 3.63) is 16.1 Å². The lowest BCUT2D eigenvalue weighted by atomic mass is 10.1. The van der Waals surface area contributed by atoms with Crippen LogP contribution in [0, 0.1) is 0 Å². The van der Waals surface area contributed by atoms with E-state index in [0.717, 1.165) is 0 Å². The summed E-state index contributed by atoms with van der Waals surface area (Å²) < 4.78 is 5.40. The van der Waals surface area contributed by atoms with Gasteiger partial charge in [0.15, 0.2) is 0 Å². The van der Waals surface area contributed by atoms with Gasteiger partial charge in [-0.05, 0) is 0 Å². The minimum Gasteiger partial charge on any atom is -0.394 e. The Balaban J connectivity index is 2.15. The molecule has 7 heteroatoms. The number of carbonyl (C=O) groups is 1. The Morgan fingerprint density at radius 1 is 1.75 bits per heavy atom. The Hall–Kier alpha value is -1.02. The molecule has 88 valence electrons. The number of aromatic nitrogens is 1. The quantitative estimate of drug-likeness (QED) is 0.660. The number of nitrogens with zero attached hydrogens (tertiary/aromatic N) is 1. The van der Waals surface area contributed by atoms with Crippen molar-refractivity contribution in [3.8, 4) is 0 Å². The monoisotopic (exact) mass is 244 g/mol. The van der Waals surface area contributed by atoms with E-state index in [2.05, 4.69) is 4.98 Å². The van der Waals surface area contributed by atoms with Crippen LogP contribution in [0.1, 0.15) is 28.0 Å². The van der Waals surface area contributed by atoms with Crippen LogP contribution in [0.5, 0.6) is 0 Å². The average molecular weight is 244 g/mol. The van der Waals surface area contributed by atoms with Gasteiger partial charge in [0.2, 0.25) is 0 Å². The van der Waals surface area contributed by atoms with Gasteiger partial charge in [-0.15, -0.1) is 11.3 Å². The van der Waals surface area contributed by atoms with Crippen molar-refractivity contribution in [3.63, 3.8) is 0 Å². The molecule has 2 heterocycles. The summed E-state index contributed by atoms with van der Waals surface area (Å²) in [6.45, 7) is -0.137. The number of ether oxygens (including phenoxy) is 1. The van der Waals surface area contributed by atoms with Crippen molar-refractivity contribution in [1.29, 1.82) is 0 Å². The molecule has 3 atom stereocenters. The van der Waals surface area contributed by atoms with Crippen LogP contribution in [0.15, 0.2) is 5.38 Å². The van der Waals surface area contributed by atoms with Gasteiger partial charge in [-0.3, -0.25) is 4.79 Å². The predicted molar refractivity (Wildman–Crippen MR) is 56.0 cm³/mol. The SMILES string of the molecule is NC(=O)c1csc([C@@H]2O[C@H](CO)C[C@H]2O)n1.